The van der Waals surface area contributed by atoms with Gasteiger partial charge in [-0.15, -0.1) is 0 Å². The highest BCUT2D eigenvalue weighted by Gasteiger charge is 2.26. The molecule has 0 fully saturated rings. The maximum absolute atomic E-state index is 12.4. The smallest absolute Gasteiger partial charge is 0.329 e. The number of amides is 2. The van der Waals surface area contributed by atoms with Crippen molar-refractivity contribution >= 4 is 17.8 Å². The van der Waals surface area contributed by atoms with Crippen LogP contribution in [0.4, 0.5) is 0 Å². The molecule has 8 nitrogen and oxygen atoms in total. The predicted molar refractivity (Wildman–Crippen MR) is 112 cm³/mol. The molecule has 2 aromatic rings. The maximum Gasteiger partial charge on any atom is 0.329 e. The van der Waals surface area contributed by atoms with Crippen LogP contribution in [0.2, 0.25) is 0 Å². The summed E-state index contributed by atoms with van der Waals surface area (Å²) in [6.07, 6.45) is 0.160. The molecule has 2 N–H and O–H groups in total. The number of carbonyl (C=O) groups excluding carboxylic acids is 3. The first-order valence-electron chi connectivity index (χ1n) is 10.1. The van der Waals surface area contributed by atoms with Crippen molar-refractivity contribution in [2.24, 2.45) is 5.92 Å². The van der Waals surface area contributed by atoms with Crippen LogP contribution in [0, 0.1) is 5.92 Å². The molecule has 0 aromatic heterocycles. The van der Waals surface area contributed by atoms with Crippen molar-refractivity contribution in [3.63, 3.8) is 0 Å². The first-order chi connectivity index (χ1) is 14.9. The van der Waals surface area contributed by atoms with Gasteiger partial charge in [-0.2, -0.15) is 0 Å². The summed E-state index contributed by atoms with van der Waals surface area (Å²) in [5, 5.41) is 5.39. The molecule has 0 spiro atoms. The number of fused-ring (bicyclic) bond motifs is 1. The highest BCUT2D eigenvalue weighted by molar-refractivity contribution is 5.87. The van der Waals surface area contributed by atoms with Crippen LogP contribution in [0.5, 0.6) is 11.5 Å². The van der Waals surface area contributed by atoms with Crippen molar-refractivity contribution in [3.8, 4) is 11.5 Å². The molecular formula is C23H26N2O6. The molecule has 164 valence electrons. The second kappa shape index (κ2) is 10.5. The summed E-state index contributed by atoms with van der Waals surface area (Å²) in [4.78, 5) is 36.8. The van der Waals surface area contributed by atoms with Crippen molar-refractivity contribution in [1.82, 2.24) is 10.6 Å². The molecule has 0 radical (unpaired) electrons. The van der Waals surface area contributed by atoms with E-state index in [9.17, 15) is 14.4 Å². The van der Waals surface area contributed by atoms with Gasteiger partial charge in [0.1, 0.15) is 6.04 Å². The molecule has 2 amide bonds. The third kappa shape index (κ3) is 6.47. The normalized spacial score (nSPS) is 12.9. The number of benzene rings is 2. The molecule has 3 rings (SSSR count). The zero-order chi connectivity index (χ0) is 22.2. The number of nitrogens with one attached hydrogen (secondary N) is 2. The van der Waals surface area contributed by atoms with Gasteiger partial charge >= 0.3 is 5.97 Å². The standard InChI is InChI=1S/C23H26N2O6/c1-15(2)22(25-20(26)11-16-6-4-3-5-7-16)23(28)29-13-21(27)24-12-17-8-9-18-19(10-17)31-14-30-18/h3-10,15,22H,11-14H2,1-2H3,(H,24,27)(H,25,26). The van der Waals surface area contributed by atoms with E-state index in [0.29, 0.717) is 11.5 Å². The fraction of sp³-hybridized carbons (Fsp3) is 0.348. The molecule has 0 aliphatic carbocycles. The van der Waals surface area contributed by atoms with Crippen LogP contribution >= 0.6 is 0 Å². The lowest BCUT2D eigenvalue weighted by Gasteiger charge is -2.20. The Morgan fingerprint density at radius 3 is 2.45 bits per heavy atom. The van der Waals surface area contributed by atoms with E-state index >= 15 is 0 Å². The largest absolute Gasteiger partial charge is 0.454 e. The predicted octanol–water partition coefficient (Wildman–Crippen LogP) is 1.96. The summed E-state index contributed by atoms with van der Waals surface area (Å²) < 4.78 is 15.7. The highest BCUT2D eigenvalue weighted by atomic mass is 16.7. The Kier molecular flexibility index (Phi) is 7.48. The molecule has 0 bridgehead atoms. The third-order valence-electron chi connectivity index (χ3n) is 4.72. The topological polar surface area (TPSA) is 103 Å². The fourth-order valence-electron chi connectivity index (χ4n) is 3.03. The first kappa shape index (κ1) is 22.1. The lowest BCUT2D eigenvalue weighted by molar-refractivity contribution is -0.152. The van der Waals surface area contributed by atoms with Crippen LogP contribution in [0.1, 0.15) is 25.0 Å². The van der Waals surface area contributed by atoms with E-state index in [-0.39, 0.29) is 31.6 Å². The second-order valence-corrected chi connectivity index (χ2v) is 7.52. The first-order valence-corrected chi connectivity index (χ1v) is 10.1. The van der Waals surface area contributed by atoms with Crippen molar-refractivity contribution in [2.75, 3.05) is 13.4 Å². The minimum atomic E-state index is -0.835. The minimum Gasteiger partial charge on any atom is -0.454 e. The Morgan fingerprint density at radius 1 is 0.968 bits per heavy atom. The van der Waals surface area contributed by atoms with Gasteiger partial charge in [0, 0.05) is 6.54 Å². The molecule has 1 aliphatic heterocycles. The molecule has 2 aromatic carbocycles. The van der Waals surface area contributed by atoms with E-state index < -0.39 is 24.5 Å². The van der Waals surface area contributed by atoms with Gasteiger partial charge in [-0.3, -0.25) is 9.59 Å². The molecule has 8 heteroatoms. The Balaban J connectivity index is 1.44. The van der Waals surface area contributed by atoms with E-state index in [2.05, 4.69) is 10.6 Å². The van der Waals surface area contributed by atoms with Gasteiger partial charge in [-0.1, -0.05) is 50.2 Å². The van der Waals surface area contributed by atoms with Crippen LogP contribution in [-0.4, -0.2) is 37.2 Å². The molecule has 1 atom stereocenters. The number of carbonyl (C=O) groups is 3. The van der Waals surface area contributed by atoms with E-state index in [1.807, 2.05) is 36.4 Å². The van der Waals surface area contributed by atoms with Gasteiger partial charge in [0.05, 0.1) is 6.42 Å². The summed E-state index contributed by atoms with van der Waals surface area (Å²) in [5.74, 6) is -0.265. The van der Waals surface area contributed by atoms with Crippen molar-refractivity contribution < 1.29 is 28.6 Å². The lowest BCUT2D eigenvalue weighted by atomic mass is 10.0. The zero-order valence-electron chi connectivity index (χ0n) is 17.6. The quantitative estimate of drug-likeness (QED) is 0.594. The minimum absolute atomic E-state index is 0.160. The Bertz CT molecular complexity index is 929. The van der Waals surface area contributed by atoms with Gasteiger partial charge in [0.2, 0.25) is 12.7 Å². The van der Waals surface area contributed by atoms with Gasteiger partial charge in [-0.25, -0.2) is 4.79 Å². The fourth-order valence-corrected chi connectivity index (χ4v) is 3.03. The Hall–Kier alpha value is -3.55. The molecular weight excluding hydrogens is 400 g/mol. The summed E-state index contributed by atoms with van der Waals surface area (Å²) in [7, 11) is 0. The monoisotopic (exact) mass is 426 g/mol. The van der Waals surface area contributed by atoms with Crippen LogP contribution in [0.15, 0.2) is 48.5 Å². The van der Waals surface area contributed by atoms with Gasteiger partial charge < -0.3 is 24.8 Å². The van der Waals surface area contributed by atoms with E-state index in [0.717, 1.165) is 11.1 Å². The van der Waals surface area contributed by atoms with E-state index in [1.165, 1.54) is 0 Å². The SMILES string of the molecule is CC(C)C(NC(=O)Cc1ccccc1)C(=O)OCC(=O)NCc1ccc2c(c1)OCO2. The molecule has 0 saturated heterocycles. The number of ether oxygens (including phenoxy) is 3. The number of hydrogen-bond donors (Lipinski definition) is 2. The van der Waals surface area contributed by atoms with Crippen LogP contribution < -0.4 is 20.1 Å². The van der Waals surface area contributed by atoms with Crippen molar-refractivity contribution in [3.05, 3.63) is 59.7 Å². The molecule has 1 unspecified atom stereocenters. The van der Waals surface area contributed by atoms with Gasteiger partial charge in [0.15, 0.2) is 18.1 Å². The lowest BCUT2D eigenvalue weighted by Crippen LogP contribution is -2.46. The molecule has 1 aliphatic rings. The second-order valence-electron chi connectivity index (χ2n) is 7.52. The maximum atomic E-state index is 12.4. The van der Waals surface area contributed by atoms with Crippen molar-refractivity contribution in [2.45, 2.75) is 32.9 Å². The Morgan fingerprint density at radius 2 is 1.71 bits per heavy atom. The zero-order valence-corrected chi connectivity index (χ0v) is 17.6. The summed E-state index contributed by atoms with van der Waals surface area (Å²) in [6, 6.07) is 13.8. The highest BCUT2D eigenvalue weighted by Crippen LogP contribution is 2.32. The van der Waals surface area contributed by atoms with Crippen LogP contribution in [-0.2, 0) is 32.1 Å². The Labute approximate surface area is 180 Å². The molecule has 31 heavy (non-hydrogen) atoms. The van der Waals surface area contributed by atoms with E-state index in [4.69, 9.17) is 14.2 Å². The van der Waals surface area contributed by atoms with Crippen LogP contribution in [0.3, 0.4) is 0 Å². The average Bonchev–Trinajstić information content (AvgIpc) is 3.22. The number of esters is 1. The summed E-state index contributed by atoms with van der Waals surface area (Å²) in [5.41, 5.74) is 1.68. The summed E-state index contributed by atoms with van der Waals surface area (Å²) >= 11 is 0. The number of hydrogen-bond acceptors (Lipinski definition) is 6. The average molecular weight is 426 g/mol. The van der Waals surface area contributed by atoms with Gasteiger partial charge in [-0.05, 0) is 29.2 Å². The van der Waals surface area contributed by atoms with E-state index in [1.54, 1.807) is 26.0 Å². The third-order valence-corrected chi connectivity index (χ3v) is 4.72. The molecule has 1 heterocycles. The van der Waals surface area contributed by atoms with Crippen LogP contribution in [0.25, 0.3) is 0 Å². The molecule has 0 saturated carbocycles. The van der Waals surface area contributed by atoms with Crippen molar-refractivity contribution in [1.29, 1.82) is 0 Å². The number of rotatable bonds is 9. The van der Waals surface area contributed by atoms with Gasteiger partial charge in [0.25, 0.3) is 5.91 Å². The summed E-state index contributed by atoms with van der Waals surface area (Å²) in [6.45, 7) is 3.61.